The third-order valence-corrected chi connectivity index (χ3v) is 3.84. The van der Waals surface area contributed by atoms with Gasteiger partial charge in [-0.2, -0.15) is 8.42 Å². The van der Waals surface area contributed by atoms with Crippen molar-refractivity contribution < 1.29 is 26.6 Å². The summed E-state index contributed by atoms with van der Waals surface area (Å²) in [5.74, 6) is 0. The Morgan fingerprint density at radius 2 is 2.00 bits per heavy atom. The smallest absolute Gasteiger partial charge is 0.265 e. The maximum Gasteiger partial charge on any atom is 0.265 e. The molecule has 2 aliphatic rings. The Morgan fingerprint density at radius 1 is 1.38 bits per heavy atom. The van der Waals surface area contributed by atoms with Crippen LogP contribution in [0, 0.1) is 0 Å². The van der Waals surface area contributed by atoms with Crippen molar-refractivity contribution in [2.45, 2.75) is 24.5 Å². The normalized spacial score (nSPS) is 41.5. The Kier molecular flexibility index (Phi) is 2.79. The fraction of sp³-hybridized carbons (Fsp3) is 1.00. The van der Waals surface area contributed by atoms with Crippen LogP contribution in [0.5, 0.6) is 0 Å². The predicted octanol–water partition coefficient (Wildman–Crippen LogP) is -0.839. The molecule has 4 atom stereocenters. The molecule has 0 bridgehead atoms. The summed E-state index contributed by atoms with van der Waals surface area (Å²) in [5.41, 5.74) is 0. The van der Waals surface area contributed by atoms with E-state index in [0.29, 0.717) is 4.48 Å². The quantitative estimate of drug-likeness (QED) is 0.484. The number of ether oxygens (including phenoxy) is 2. The van der Waals surface area contributed by atoms with Crippen LogP contribution in [0.3, 0.4) is 0 Å². The minimum atomic E-state index is -3.49. The maximum atomic E-state index is 11.2. The Labute approximate surface area is 95.8 Å². The van der Waals surface area contributed by atoms with Gasteiger partial charge >= 0.3 is 0 Å². The summed E-state index contributed by atoms with van der Waals surface area (Å²) in [5, 5.41) is 0. The molecule has 0 aliphatic carbocycles. The van der Waals surface area contributed by atoms with Gasteiger partial charge in [-0.05, 0) is 0 Å². The lowest BCUT2D eigenvalue weighted by Gasteiger charge is -2.49. The molecule has 0 aromatic carbocycles. The second kappa shape index (κ2) is 3.64. The second-order valence-corrected chi connectivity index (χ2v) is 6.60. The van der Waals surface area contributed by atoms with Gasteiger partial charge in [-0.1, -0.05) is 0 Å². The fourth-order valence-corrected chi connectivity index (χ4v) is 3.25. The number of methoxy groups -OCH3 is 1. The van der Waals surface area contributed by atoms with Crippen LogP contribution < -0.4 is 0 Å². The molecule has 6 nitrogen and oxygen atoms in total. The molecule has 2 rings (SSSR count). The van der Waals surface area contributed by atoms with E-state index in [4.69, 9.17) is 13.7 Å². The lowest BCUT2D eigenvalue weighted by Crippen LogP contribution is -2.71. The summed E-state index contributed by atoms with van der Waals surface area (Å²) >= 11 is 0. The summed E-state index contributed by atoms with van der Waals surface area (Å²) in [6.45, 7) is 0.855. The third-order valence-electron chi connectivity index (χ3n) is 3.27. The number of rotatable bonds is 3. The second-order valence-electron chi connectivity index (χ2n) is 5.00. The van der Waals surface area contributed by atoms with Crippen LogP contribution in [0.2, 0.25) is 0 Å². The molecule has 0 radical (unpaired) electrons. The molecular weight excluding hydrogens is 234 g/mol. The molecule has 0 spiro atoms. The number of fused-ring (bicyclic) bond motifs is 1. The molecule has 2 aliphatic heterocycles. The highest BCUT2D eigenvalue weighted by Crippen LogP contribution is 2.39. The number of quaternary nitrogens is 1. The highest BCUT2D eigenvalue weighted by Gasteiger charge is 2.63. The van der Waals surface area contributed by atoms with Gasteiger partial charge in [0, 0.05) is 7.11 Å². The van der Waals surface area contributed by atoms with Crippen molar-refractivity contribution in [3.8, 4) is 0 Å². The molecule has 16 heavy (non-hydrogen) atoms. The van der Waals surface area contributed by atoms with E-state index in [1.54, 1.807) is 0 Å². The van der Waals surface area contributed by atoms with Crippen LogP contribution in [0.1, 0.15) is 0 Å². The lowest BCUT2D eigenvalue weighted by molar-refractivity contribution is -0.963. The Bertz CT molecular complexity index is 379. The number of likely N-dealkylation sites (tertiary alicyclic amines) is 1. The molecule has 0 unspecified atom stereocenters. The van der Waals surface area contributed by atoms with Crippen LogP contribution in [0.25, 0.3) is 0 Å². The molecule has 0 aromatic heterocycles. The molecule has 0 saturated carbocycles. The van der Waals surface area contributed by atoms with E-state index < -0.39 is 22.5 Å². The van der Waals surface area contributed by atoms with Crippen molar-refractivity contribution in [3.05, 3.63) is 0 Å². The van der Waals surface area contributed by atoms with Gasteiger partial charge in [0.15, 0.2) is 24.5 Å². The van der Waals surface area contributed by atoms with Gasteiger partial charge in [0.25, 0.3) is 10.1 Å². The largest absolute Gasteiger partial charge is 0.353 e. The average molecular weight is 252 g/mol. The van der Waals surface area contributed by atoms with E-state index in [1.165, 1.54) is 7.11 Å². The van der Waals surface area contributed by atoms with Crippen molar-refractivity contribution in [2.75, 3.05) is 34.0 Å². The lowest BCUT2D eigenvalue weighted by atomic mass is 9.94. The zero-order chi connectivity index (χ0) is 12.1. The van der Waals surface area contributed by atoms with E-state index in [1.807, 2.05) is 14.1 Å². The summed E-state index contributed by atoms with van der Waals surface area (Å²) in [6, 6.07) is 0.0275. The molecule has 0 aromatic rings. The first-order chi connectivity index (χ1) is 7.24. The zero-order valence-corrected chi connectivity index (χ0v) is 10.7. The maximum absolute atomic E-state index is 11.2. The first-order valence-corrected chi connectivity index (χ1v) is 6.95. The standard InChI is InChI=1S/C9H18NO5S/c1-10(2)5-6-7(10)8(9(13-3)14-6)15-16(4,11)12/h6-9H,5H2,1-4H3/q+1/t6-,7+,8-,9-/m1/s1. The summed E-state index contributed by atoms with van der Waals surface area (Å²) in [4.78, 5) is 0. The highest BCUT2D eigenvalue weighted by molar-refractivity contribution is 7.86. The minimum Gasteiger partial charge on any atom is -0.353 e. The van der Waals surface area contributed by atoms with E-state index in [-0.39, 0.29) is 12.1 Å². The Balaban J connectivity index is 2.18. The number of nitrogens with zero attached hydrogens (tertiary/aromatic N) is 1. The number of hydrogen-bond acceptors (Lipinski definition) is 5. The van der Waals surface area contributed by atoms with Gasteiger partial charge in [-0.25, -0.2) is 0 Å². The number of hydrogen-bond donors (Lipinski definition) is 0. The van der Waals surface area contributed by atoms with Gasteiger partial charge in [0.2, 0.25) is 0 Å². The minimum absolute atomic E-state index is 0.0275. The van der Waals surface area contributed by atoms with E-state index >= 15 is 0 Å². The summed E-state index contributed by atoms with van der Waals surface area (Å²) in [7, 11) is 2.06. The number of likely N-dealkylation sites (N-methyl/N-ethyl adjacent to an activating group) is 1. The van der Waals surface area contributed by atoms with E-state index in [0.717, 1.165) is 12.8 Å². The molecule has 7 heteroatoms. The predicted molar refractivity (Wildman–Crippen MR) is 56.2 cm³/mol. The van der Waals surface area contributed by atoms with Crippen LogP contribution in [0.4, 0.5) is 0 Å². The summed E-state index contributed by atoms with van der Waals surface area (Å²) in [6.07, 6.45) is -0.0591. The van der Waals surface area contributed by atoms with Gasteiger partial charge in [0.05, 0.1) is 20.4 Å². The Hall–Kier alpha value is -0.210. The van der Waals surface area contributed by atoms with Crippen molar-refractivity contribution in [3.63, 3.8) is 0 Å². The summed E-state index contributed by atoms with van der Waals surface area (Å²) < 4.78 is 38.9. The van der Waals surface area contributed by atoms with E-state index in [9.17, 15) is 8.42 Å². The average Bonchev–Trinajstić information content (AvgIpc) is 2.35. The first-order valence-electron chi connectivity index (χ1n) is 5.14. The van der Waals surface area contributed by atoms with Gasteiger partial charge < -0.3 is 14.0 Å². The van der Waals surface area contributed by atoms with Gasteiger partial charge in [-0.15, -0.1) is 0 Å². The van der Waals surface area contributed by atoms with Crippen LogP contribution in [0.15, 0.2) is 0 Å². The molecule has 0 N–H and O–H groups in total. The highest BCUT2D eigenvalue weighted by atomic mass is 32.2. The molecule has 2 heterocycles. The fourth-order valence-electron chi connectivity index (χ4n) is 2.64. The van der Waals surface area contributed by atoms with E-state index in [2.05, 4.69) is 0 Å². The first kappa shape index (κ1) is 12.3. The van der Waals surface area contributed by atoms with Crippen molar-refractivity contribution in [2.24, 2.45) is 0 Å². The topological polar surface area (TPSA) is 61.8 Å². The van der Waals surface area contributed by atoms with Crippen LogP contribution >= 0.6 is 0 Å². The van der Waals surface area contributed by atoms with Crippen molar-refractivity contribution in [1.29, 1.82) is 0 Å². The molecular formula is C9H18NO5S+. The zero-order valence-electron chi connectivity index (χ0n) is 9.91. The van der Waals surface area contributed by atoms with Gasteiger partial charge in [0.1, 0.15) is 6.54 Å². The Morgan fingerprint density at radius 3 is 2.44 bits per heavy atom. The van der Waals surface area contributed by atoms with Crippen molar-refractivity contribution in [1.82, 2.24) is 0 Å². The third kappa shape index (κ3) is 1.98. The SMILES string of the molecule is CO[C@@H]1O[C@@H]2C[N+](C)(C)[C@@H]2[C@H]1OS(C)(=O)=O. The molecule has 2 fully saturated rings. The van der Waals surface area contributed by atoms with Crippen LogP contribution in [-0.2, 0) is 23.8 Å². The molecule has 0 amide bonds. The monoisotopic (exact) mass is 252 g/mol. The van der Waals surface area contributed by atoms with Crippen molar-refractivity contribution >= 4 is 10.1 Å². The molecule has 94 valence electrons. The molecule has 2 saturated heterocycles. The van der Waals surface area contributed by atoms with Gasteiger partial charge in [-0.3, -0.25) is 4.18 Å². The van der Waals surface area contributed by atoms with Crippen LogP contribution in [-0.4, -0.2) is 71.4 Å².